The molecule has 0 saturated carbocycles. The quantitative estimate of drug-likeness (QED) is 0.640. The van der Waals surface area contributed by atoms with Crippen molar-refractivity contribution in [3.05, 3.63) is 26.7 Å². The fourth-order valence-electron chi connectivity index (χ4n) is 1.54. The molecule has 0 heterocycles. The molecular weight excluding hydrogens is 441 g/mol. The summed E-state index contributed by atoms with van der Waals surface area (Å²) in [6.07, 6.45) is 1.39. The van der Waals surface area contributed by atoms with E-state index in [4.69, 9.17) is 23.2 Å². The molecule has 0 saturated heterocycles. The monoisotopic (exact) mass is 451 g/mol. The van der Waals surface area contributed by atoms with Gasteiger partial charge < -0.3 is 0 Å². The van der Waals surface area contributed by atoms with E-state index in [1.807, 2.05) is 6.92 Å². The molecule has 0 amide bonds. The van der Waals surface area contributed by atoms with Gasteiger partial charge in [0, 0.05) is 15.8 Å². The third-order valence-electron chi connectivity index (χ3n) is 2.50. The number of halogens is 4. The molecule has 1 unspecified atom stereocenters. The summed E-state index contributed by atoms with van der Waals surface area (Å²) in [6, 6.07) is 2.86. The van der Waals surface area contributed by atoms with Crippen molar-refractivity contribution in [3.8, 4) is 0 Å². The van der Waals surface area contributed by atoms with Crippen LogP contribution in [0, 0.1) is 0 Å². The SMILES string of the molecule is CCC(CCBr)NS(=O)(=O)c1c(Cl)cc(Br)cc1Cl. The molecule has 1 rings (SSSR count). The van der Waals surface area contributed by atoms with Crippen LogP contribution in [0.5, 0.6) is 0 Å². The number of hydrogen-bond donors (Lipinski definition) is 1. The van der Waals surface area contributed by atoms with Crippen molar-refractivity contribution in [1.82, 2.24) is 4.72 Å². The highest BCUT2D eigenvalue weighted by atomic mass is 79.9. The minimum Gasteiger partial charge on any atom is -0.208 e. The van der Waals surface area contributed by atoms with Gasteiger partial charge in [-0.15, -0.1) is 0 Å². The molecular formula is C11H13Br2Cl2NO2S. The minimum atomic E-state index is -3.73. The summed E-state index contributed by atoms with van der Waals surface area (Å²) in [7, 11) is -3.73. The van der Waals surface area contributed by atoms with Crippen LogP contribution in [-0.2, 0) is 10.0 Å². The molecule has 0 spiro atoms. The Labute approximate surface area is 140 Å². The molecule has 1 N–H and O–H groups in total. The zero-order valence-corrected chi connectivity index (χ0v) is 15.6. The summed E-state index contributed by atoms with van der Waals surface area (Å²) >= 11 is 18.5. The van der Waals surface area contributed by atoms with Crippen molar-refractivity contribution in [2.45, 2.75) is 30.7 Å². The molecule has 108 valence electrons. The Morgan fingerprint density at radius 1 is 1.32 bits per heavy atom. The minimum absolute atomic E-state index is 0.0768. The molecule has 0 aliphatic carbocycles. The van der Waals surface area contributed by atoms with E-state index in [2.05, 4.69) is 36.6 Å². The molecule has 0 fully saturated rings. The van der Waals surface area contributed by atoms with Crippen molar-refractivity contribution < 1.29 is 8.42 Å². The van der Waals surface area contributed by atoms with Crippen LogP contribution in [0.4, 0.5) is 0 Å². The van der Waals surface area contributed by atoms with Crippen LogP contribution in [0.15, 0.2) is 21.5 Å². The first-order chi connectivity index (χ1) is 8.81. The second-order valence-electron chi connectivity index (χ2n) is 3.90. The number of alkyl halides is 1. The summed E-state index contributed by atoms with van der Waals surface area (Å²) in [5.41, 5.74) is 0. The Kier molecular flexibility index (Phi) is 7.10. The summed E-state index contributed by atoms with van der Waals surface area (Å²) in [6.45, 7) is 1.92. The predicted octanol–water partition coefficient (Wildman–Crippen LogP) is 4.60. The number of benzene rings is 1. The molecule has 0 aromatic heterocycles. The molecule has 1 aromatic rings. The summed E-state index contributed by atoms with van der Waals surface area (Å²) in [5.74, 6) is 0. The van der Waals surface area contributed by atoms with Gasteiger partial charge in [0.1, 0.15) is 4.90 Å². The third-order valence-corrected chi connectivity index (χ3v) is 5.86. The summed E-state index contributed by atoms with van der Waals surface area (Å²) < 4.78 is 27.9. The second kappa shape index (κ2) is 7.61. The van der Waals surface area contributed by atoms with Crippen LogP contribution >= 0.6 is 55.1 Å². The van der Waals surface area contributed by atoms with Crippen LogP contribution in [0.1, 0.15) is 19.8 Å². The van der Waals surface area contributed by atoms with Crippen LogP contribution in [-0.4, -0.2) is 19.8 Å². The first kappa shape index (κ1) is 17.7. The average molecular weight is 454 g/mol. The standard InChI is InChI=1S/C11H13Br2Cl2NO2S/c1-2-8(3-4-12)16-19(17,18)11-9(14)5-7(13)6-10(11)15/h5-6,8,16H,2-4H2,1H3. The molecule has 1 aromatic carbocycles. The maximum Gasteiger partial charge on any atom is 0.243 e. The summed E-state index contributed by atoms with van der Waals surface area (Å²) in [4.78, 5) is -0.0768. The van der Waals surface area contributed by atoms with Crippen LogP contribution < -0.4 is 4.72 Å². The van der Waals surface area contributed by atoms with E-state index in [-0.39, 0.29) is 21.0 Å². The Hall–Kier alpha value is 0.670. The number of nitrogens with one attached hydrogen (secondary N) is 1. The smallest absolute Gasteiger partial charge is 0.208 e. The van der Waals surface area contributed by atoms with E-state index in [0.29, 0.717) is 17.3 Å². The van der Waals surface area contributed by atoms with Gasteiger partial charge in [0.15, 0.2) is 0 Å². The number of hydrogen-bond acceptors (Lipinski definition) is 2. The van der Waals surface area contributed by atoms with Gasteiger partial charge in [-0.3, -0.25) is 0 Å². The third kappa shape index (κ3) is 4.86. The van der Waals surface area contributed by atoms with Gasteiger partial charge in [-0.1, -0.05) is 62.0 Å². The second-order valence-corrected chi connectivity index (χ2v) is 8.08. The van der Waals surface area contributed by atoms with E-state index in [1.165, 1.54) is 12.1 Å². The van der Waals surface area contributed by atoms with E-state index >= 15 is 0 Å². The van der Waals surface area contributed by atoms with Crippen molar-refractivity contribution >= 4 is 65.1 Å². The van der Waals surface area contributed by atoms with Crippen molar-refractivity contribution in [1.29, 1.82) is 0 Å². The fourth-order valence-corrected chi connectivity index (χ4v) is 5.39. The Balaban J connectivity index is 3.14. The van der Waals surface area contributed by atoms with Gasteiger partial charge in [0.05, 0.1) is 10.0 Å². The molecule has 3 nitrogen and oxygen atoms in total. The van der Waals surface area contributed by atoms with Gasteiger partial charge >= 0.3 is 0 Å². The lowest BCUT2D eigenvalue weighted by molar-refractivity contribution is 0.533. The van der Waals surface area contributed by atoms with Crippen LogP contribution in [0.3, 0.4) is 0 Å². The maximum atomic E-state index is 12.3. The van der Waals surface area contributed by atoms with Gasteiger partial charge in [-0.2, -0.15) is 0 Å². The Morgan fingerprint density at radius 2 is 1.84 bits per heavy atom. The van der Waals surface area contributed by atoms with E-state index in [9.17, 15) is 8.42 Å². The zero-order chi connectivity index (χ0) is 14.6. The number of sulfonamides is 1. The normalized spacial score (nSPS) is 13.5. The molecule has 19 heavy (non-hydrogen) atoms. The first-order valence-corrected chi connectivity index (χ1v) is 9.70. The highest BCUT2D eigenvalue weighted by Crippen LogP contribution is 2.33. The molecule has 0 bridgehead atoms. The van der Waals surface area contributed by atoms with Gasteiger partial charge in [0.2, 0.25) is 10.0 Å². The van der Waals surface area contributed by atoms with Crippen molar-refractivity contribution in [2.75, 3.05) is 5.33 Å². The van der Waals surface area contributed by atoms with E-state index in [1.54, 1.807) is 0 Å². The van der Waals surface area contributed by atoms with E-state index in [0.717, 1.165) is 5.33 Å². The molecule has 0 aliphatic rings. The fraction of sp³-hybridized carbons (Fsp3) is 0.455. The lowest BCUT2D eigenvalue weighted by Gasteiger charge is -2.17. The zero-order valence-electron chi connectivity index (χ0n) is 10.1. The van der Waals surface area contributed by atoms with Crippen molar-refractivity contribution in [3.63, 3.8) is 0 Å². The first-order valence-electron chi connectivity index (χ1n) is 5.54. The lowest BCUT2D eigenvalue weighted by atomic mass is 10.2. The highest BCUT2D eigenvalue weighted by Gasteiger charge is 2.24. The molecule has 0 radical (unpaired) electrons. The Bertz CT molecular complexity index is 529. The van der Waals surface area contributed by atoms with Crippen molar-refractivity contribution in [2.24, 2.45) is 0 Å². The summed E-state index contributed by atoms with van der Waals surface area (Å²) in [5, 5.41) is 0.914. The van der Waals surface area contributed by atoms with Crippen LogP contribution in [0.2, 0.25) is 10.0 Å². The van der Waals surface area contributed by atoms with Gasteiger partial charge in [-0.05, 0) is 25.0 Å². The highest BCUT2D eigenvalue weighted by molar-refractivity contribution is 9.10. The maximum absolute atomic E-state index is 12.3. The van der Waals surface area contributed by atoms with Gasteiger partial charge in [0.25, 0.3) is 0 Å². The number of rotatable bonds is 6. The predicted molar refractivity (Wildman–Crippen MR) is 87.0 cm³/mol. The van der Waals surface area contributed by atoms with Crippen LogP contribution in [0.25, 0.3) is 0 Å². The van der Waals surface area contributed by atoms with Gasteiger partial charge in [-0.25, -0.2) is 13.1 Å². The molecule has 8 heteroatoms. The average Bonchev–Trinajstić information content (AvgIpc) is 2.25. The molecule has 0 aliphatic heterocycles. The van der Waals surface area contributed by atoms with E-state index < -0.39 is 10.0 Å². The lowest BCUT2D eigenvalue weighted by Crippen LogP contribution is -2.35. The Morgan fingerprint density at radius 3 is 2.26 bits per heavy atom. The topological polar surface area (TPSA) is 46.2 Å². The largest absolute Gasteiger partial charge is 0.243 e. The molecule has 1 atom stereocenters.